The molecule has 0 radical (unpaired) electrons. The fraction of sp³-hybridized carbons (Fsp3) is 0.533. The standard InChI is InChI=1S/C15H18N4O2/c16-10-11-5-6-14(19(20)21)15(9-11)18-8-2-4-13(18)12-3-1-7-17-12/h5-6,9,12-13,17H,1-4,7-8H2. The van der Waals surface area contributed by atoms with Gasteiger partial charge in [-0.15, -0.1) is 0 Å². The largest absolute Gasteiger partial charge is 0.361 e. The second-order valence-electron chi connectivity index (χ2n) is 5.68. The van der Waals surface area contributed by atoms with Crippen LogP contribution in [0.2, 0.25) is 0 Å². The highest BCUT2D eigenvalue weighted by atomic mass is 16.6. The Hall–Kier alpha value is -2.13. The summed E-state index contributed by atoms with van der Waals surface area (Å²) < 4.78 is 0. The zero-order chi connectivity index (χ0) is 14.8. The van der Waals surface area contributed by atoms with Crippen LogP contribution in [0, 0.1) is 21.4 Å². The van der Waals surface area contributed by atoms with E-state index in [9.17, 15) is 10.1 Å². The first-order chi connectivity index (χ1) is 10.2. The number of nitrogens with zero attached hydrogens (tertiary/aromatic N) is 3. The van der Waals surface area contributed by atoms with E-state index in [4.69, 9.17) is 5.26 Å². The quantitative estimate of drug-likeness (QED) is 0.680. The summed E-state index contributed by atoms with van der Waals surface area (Å²) in [5.74, 6) is 0. The number of nitro benzene ring substituents is 1. The van der Waals surface area contributed by atoms with Crippen LogP contribution in [0.1, 0.15) is 31.2 Å². The molecule has 1 aromatic rings. The molecule has 6 heteroatoms. The molecule has 2 aliphatic heterocycles. The normalized spacial score (nSPS) is 25.0. The summed E-state index contributed by atoms with van der Waals surface area (Å²) >= 11 is 0. The van der Waals surface area contributed by atoms with E-state index < -0.39 is 0 Å². The van der Waals surface area contributed by atoms with Gasteiger partial charge in [0, 0.05) is 24.7 Å². The van der Waals surface area contributed by atoms with Crippen molar-refractivity contribution in [2.45, 2.75) is 37.8 Å². The van der Waals surface area contributed by atoms with Gasteiger partial charge in [0.05, 0.1) is 16.6 Å². The maximum Gasteiger partial charge on any atom is 0.292 e. The number of nitriles is 1. The van der Waals surface area contributed by atoms with Gasteiger partial charge >= 0.3 is 0 Å². The van der Waals surface area contributed by atoms with Crippen LogP contribution in [0.25, 0.3) is 0 Å². The summed E-state index contributed by atoms with van der Waals surface area (Å²) in [5, 5.41) is 23.8. The molecule has 1 N–H and O–H groups in total. The highest BCUT2D eigenvalue weighted by Crippen LogP contribution is 2.36. The van der Waals surface area contributed by atoms with Crippen LogP contribution < -0.4 is 10.2 Å². The van der Waals surface area contributed by atoms with E-state index in [1.807, 2.05) is 0 Å². The molecule has 6 nitrogen and oxygen atoms in total. The molecule has 2 saturated heterocycles. The van der Waals surface area contributed by atoms with Crippen molar-refractivity contribution in [1.82, 2.24) is 5.32 Å². The van der Waals surface area contributed by atoms with Crippen molar-refractivity contribution in [3.8, 4) is 6.07 Å². The maximum absolute atomic E-state index is 11.3. The second-order valence-corrected chi connectivity index (χ2v) is 5.68. The molecule has 2 atom stereocenters. The fourth-order valence-corrected chi connectivity index (χ4v) is 3.53. The summed E-state index contributed by atoms with van der Waals surface area (Å²) in [6.07, 6.45) is 4.37. The number of hydrogen-bond acceptors (Lipinski definition) is 5. The van der Waals surface area contributed by atoms with E-state index in [1.165, 1.54) is 12.1 Å². The Morgan fingerprint density at radius 2 is 2.24 bits per heavy atom. The van der Waals surface area contributed by atoms with Gasteiger partial charge in [-0.25, -0.2) is 0 Å². The molecule has 0 bridgehead atoms. The van der Waals surface area contributed by atoms with Crippen molar-refractivity contribution in [2.24, 2.45) is 0 Å². The molecule has 2 unspecified atom stereocenters. The minimum Gasteiger partial charge on any atom is -0.361 e. The van der Waals surface area contributed by atoms with Gasteiger partial charge in [0.15, 0.2) is 0 Å². The highest BCUT2D eigenvalue weighted by Gasteiger charge is 2.36. The highest BCUT2D eigenvalue weighted by molar-refractivity contribution is 5.67. The SMILES string of the molecule is N#Cc1ccc([N+](=O)[O-])c(N2CCCC2C2CCCN2)c1. The van der Waals surface area contributed by atoms with Crippen LogP contribution in [0.15, 0.2) is 18.2 Å². The zero-order valence-electron chi connectivity index (χ0n) is 11.8. The third-order valence-corrected chi connectivity index (χ3v) is 4.47. The van der Waals surface area contributed by atoms with Crippen LogP contribution in [-0.4, -0.2) is 30.1 Å². The monoisotopic (exact) mass is 286 g/mol. The van der Waals surface area contributed by atoms with Crippen LogP contribution in [-0.2, 0) is 0 Å². The van der Waals surface area contributed by atoms with Gasteiger partial charge in [-0.1, -0.05) is 0 Å². The van der Waals surface area contributed by atoms with Crippen molar-refractivity contribution in [1.29, 1.82) is 5.26 Å². The lowest BCUT2D eigenvalue weighted by Crippen LogP contribution is -2.44. The lowest BCUT2D eigenvalue weighted by atomic mass is 10.0. The molecular weight excluding hydrogens is 268 g/mol. The van der Waals surface area contributed by atoms with Crippen LogP contribution in [0.4, 0.5) is 11.4 Å². The number of nitrogens with one attached hydrogen (secondary N) is 1. The Morgan fingerprint density at radius 3 is 2.90 bits per heavy atom. The van der Waals surface area contributed by atoms with Crippen molar-refractivity contribution >= 4 is 11.4 Å². The predicted molar refractivity (Wildman–Crippen MR) is 79.2 cm³/mol. The first-order valence-corrected chi connectivity index (χ1v) is 7.39. The third-order valence-electron chi connectivity index (χ3n) is 4.47. The number of anilines is 1. The molecule has 0 aliphatic carbocycles. The average Bonchev–Trinajstić information content (AvgIpc) is 3.16. The van der Waals surface area contributed by atoms with Crippen molar-refractivity contribution in [3.05, 3.63) is 33.9 Å². The molecule has 1 aromatic carbocycles. The van der Waals surface area contributed by atoms with Gasteiger partial charge in [-0.05, 0) is 44.4 Å². The van der Waals surface area contributed by atoms with Gasteiger partial charge in [-0.3, -0.25) is 10.1 Å². The first kappa shape index (κ1) is 13.8. The summed E-state index contributed by atoms with van der Waals surface area (Å²) in [5.41, 5.74) is 1.16. The molecule has 0 saturated carbocycles. The number of hydrogen-bond donors (Lipinski definition) is 1. The summed E-state index contributed by atoms with van der Waals surface area (Å²) in [7, 11) is 0. The minimum atomic E-state index is -0.353. The van der Waals surface area contributed by atoms with Crippen LogP contribution in [0.3, 0.4) is 0 Å². The van der Waals surface area contributed by atoms with E-state index in [0.29, 0.717) is 23.3 Å². The Morgan fingerprint density at radius 1 is 1.38 bits per heavy atom. The van der Waals surface area contributed by atoms with Gasteiger partial charge in [-0.2, -0.15) is 5.26 Å². The van der Waals surface area contributed by atoms with Crippen molar-refractivity contribution in [3.63, 3.8) is 0 Å². The van der Waals surface area contributed by atoms with Crippen LogP contribution in [0.5, 0.6) is 0 Å². The Balaban J connectivity index is 1.97. The Bertz CT molecular complexity index is 590. The van der Waals surface area contributed by atoms with Gasteiger partial charge in [0.2, 0.25) is 0 Å². The molecular formula is C15H18N4O2. The summed E-state index contributed by atoms with van der Waals surface area (Å²) in [6.45, 7) is 1.84. The third kappa shape index (κ3) is 2.57. The van der Waals surface area contributed by atoms with E-state index >= 15 is 0 Å². The van der Waals surface area contributed by atoms with Gasteiger partial charge in [0.25, 0.3) is 5.69 Å². The van der Waals surface area contributed by atoms with Gasteiger partial charge < -0.3 is 10.2 Å². The topological polar surface area (TPSA) is 82.2 Å². The predicted octanol–water partition coefficient (Wildman–Crippen LogP) is 2.19. The smallest absolute Gasteiger partial charge is 0.292 e. The lowest BCUT2D eigenvalue weighted by molar-refractivity contribution is -0.384. The minimum absolute atomic E-state index is 0.0962. The second kappa shape index (κ2) is 5.70. The molecule has 2 fully saturated rings. The molecule has 110 valence electrons. The summed E-state index contributed by atoms with van der Waals surface area (Å²) in [4.78, 5) is 13.1. The maximum atomic E-state index is 11.3. The van der Waals surface area contributed by atoms with E-state index in [0.717, 1.165) is 38.8 Å². The van der Waals surface area contributed by atoms with Gasteiger partial charge in [0.1, 0.15) is 5.69 Å². The summed E-state index contributed by atoms with van der Waals surface area (Å²) in [6, 6.07) is 7.39. The first-order valence-electron chi connectivity index (χ1n) is 7.39. The molecule has 21 heavy (non-hydrogen) atoms. The molecule has 2 aliphatic rings. The fourth-order valence-electron chi connectivity index (χ4n) is 3.53. The molecule has 0 aromatic heterocycles. The molecule has 0 amide bonds. The van der Waals surface area contributed by atoms with E-state index in [1.54, 1.807) is 6.07 Å². The van der Waals surface area contributed by atoms with Crippen molar-refractivity contribution in [2.75, 3.05) is 18.0 Å². The number of nitro groups is 1. The Kier molecular flexibility index (Phi) is 3.76. The number of rotatable bonds is 3. The zero-order valence-corrected chi connectivity index (χ0v) is 11.8. The molecule has 0 spiro atoms. The number of benzene rings is 1. The van der Waals surface area contributed by atoms with Crippen molar-refractivity contribution < 1.29 is 4.92 Å². The van der Waals surface area contributed by atoms with Crippen LogP contribution >= 0.6 is 0 Å². The average molecular weight is 286 g/mol. The Labute approximate surface area is 123 Å². The molecule has 3 rings (SSSR count). The molecule has 2 heterocycles. The van der Waals surface area contributed by atoms with E-state index in [2.05, 4.69) is 16.3 Å². The van der Waals surface area contributed by atoms with E-state index in [-0.39, 0.29) is 10.6 Å². The lowest BCUT2D eigenvalue weighted by Gasteiger charge is -2.31.